The van der Waals surface area contributed by atoms with Gasteiger partial charge in [-0.05, 0) is 45.9 Å². The Hall–Kier alpha value is -3.01. The standard InChI is InChI=1S/C29H40N6O3/c1-20-28(21(2)38-33-20)26-17-27(35-14-12-34(13-15-35)23-9-5-4-6-10-23)32-29(31-26)22-8-7-11-25(16-22)37-19-24(36)18-30-3/h7-8,11,16-17,23-24,30,36H,4-6,9-10,12-15,18-19H2,1-3H3. The van der Waals surface area contributed by atoms with Crippen LogP contribution in [0.5, 0.6) is 5.75 Å². The average molecular weight is 521 g/mol. The SMILES string of the molecule is CNCC(O)COc1cccc(-c2nc(-c3c(C)noc3C)cc(N3CCN(C4CCCCC4)CC3)n2)c1. The quantitative estimate of drug-likeness (QED) is 0.436. The second-order valence-electron chi connectivity index (χ2n) is 10.5. The number of benzene rings is 1. The van der Waals surface area contributed by atoms with Crippen molar-refractivity contribution >= 4 is 5.82 Å². The summed E-state index contributed by atoms with van der Waals surface area (Å²) in [5, 5.41) is 17.2. The second kappa shape index (κ2) is 12.2. The summed E-state index contributed by atoms with van der Waals surface area (Å²) < 4.78 is 11.3. The first-order valence-electron chi connectivity index (χ1n) is 13.9. The molecule has 38 heavy (non-hydrogen) atoms. The second-order valence-corrected chi connectivity index (χ2v) is 10.5. The highest BCUT2D eigenvalue weighted by atomic mass is 16.5. The smallest absolute Gasteiger partial charge is 0.162 e. The molecule has 204 valence electrons. The minimum atomic E-state index is -0.582. The van der Waals surface area contributed by atoms with Gasteiger partial charge in [0.05, 0.1) is 17.0 Å². The number of aliphatic hydroxyl groups excluding tert-OH is 1. The number of aromatic nitrogens is 3. The van der Waals surface area contributed by atoms with Crippen LogP contribution in [0.25, 0.3) is 22.6 Å². The van der Waals surface area contributed by atoms with Gasteiger partial charge in [-0.2, -0.15) is 0 Å². The molecular formula is C29H40N6O3. The predicted octanol–water partition coefficient (Wildman–Crippen LogP) is 3.83. The van der Waals surface area contributed by atoms with Crippen molar-refractivity contribution in [1.29, 1.82) is 0 Å². The minimum Gasteiger partial charge on any atom is -0.491 e. The summed E-state index contributed by atoms with van der Waals surface area (Å²) in [6.45, 7) is 8.55. The van der Waals surface area contributed by atoms with Crippen molar-refractivity contribution in [2.24, 2.45) is 0 Å². The molecule has 2 N–H and O–H groups in total. The topological polar surface area (TPSA) is 99.8 Å². The van der Waals surface area contributed by atoms with Crippen LogP contribution in [-0.2, 0) is 0 Å². The zero-order chi connectivity index (χ0) is 26.5. The Morgan fingerprint density at radius 2 is 1.87 bits per heavy atom. The van der Waals surface area contributed by atoms with E-state index in [2.05, 4.69) is 26.3 Å². The summed E-state index contributed by atoms with van der Waals surface area (Å²) in [7, 11) is 1.81. The molecule has 1 aliphatic carbocycles. The number of hydrogen-bond donors (Lipinski definition) is 2. The van der Waals surface area contributed by atoms with Crippen LogP contribution in [0, 0.1) is 13.8 Å². The van der Waals surface area contributed by atoms with Crippen molar-refractivity contribution in [2.45, 2.75) is 58.1 Å². The van der Waals surface area contributed by atoms with E-state index in [1.165, 1.54) is 32.1 Å². The fraction of sp³-hybridized carbons (Fsp3) is 0.552. The number of aliphatic hydroxyl groups is 1. The van der Waals surface area contributed by atoms with Crippen LogP contribution in [0.2, 0.25) is 0 Å². The van der Waals surface area contributed by atoms with Gasteiger partial charge in [0.15, 0.2) is 5.82 Å². The number of nitrogens with one attached hydrogen (secondary N) is 1. The number of ether oxygens (including phenoxy) is 1. The summed E-state index contributed by atoms with van der Waals surface area (Å²) in [4.78, 5) is 15.0. The van der Waals surface area contributed by atoms with Crippen molar-refractivity contribution in [3.63, 3.8) is 0 Å². The van der Waals surface area contributed by atoms with Crippen LogP contribution in [0.4, 0.5) is 5.82 Å². The summed E-state index contributed by atoms with van der Waals surface area (Å²) in [6.07, 6.45) is 6.18. The molecule has 1 atom stereocenters. The first-order chi connectivity index (χ1) is 18.5. The van der Waals surface area contributed by atoms with Crippen LogP contribution >= 0.6 is 0 Å². The minimum absolute atomic E-state index is 0.209. The molecule has 2 aliphatic rings. The number of anilines is 1. The van der Waals surface area contributed by atoms with Crippen LogP contribution in [0.15, 0.2) is 34.9 Å². The molecule has 2 aromatic heterocycles. The van der Waals surface area contributed by atoms with Gasteiger partial charge in [-0.25, -0.2) is 9.97 Å². The van der Waals surface area contributed by atoms with E-state index in [0.29, 0.717) is 18.1 Å². The van der Waals surface area contributed by atoms with E-state index in [-0.39, 0.29) is 6.61 Å². The number of hydrogen-bond acceptors (Lipinski definition) is 9. The Morgan fingerprint density at radius 1 is 1.08 bits per heavy atom. The maximum Gasteiger partial charge on any atom is 0.162 e. The van der Waals surface area contributed by atoms with Crippen molar-refractivity contribution in [1.82, 2.24) is 25.3 Å². The van der Waals surface area contributed by atoms with Crippen molar-refractivity contribution in [2.75, 3.05) is 51.3 Å². The van der Waals surface area contributed by atoms with Gasteiger partial charge >= 0.3 is 0 Å². The zero-order valence-corrected chi connectivity index (χ0v) is 22.8. The van der Waals surface area contributed by atoms with Crippen LogP contribution in [0.3, 0.4) is 0 Å². The van der Waals surface area contributed by atoms with E-state index in [1.807, 2.05) is 38.1 Å². The van der Waals surface area contributed by atoms with Gasteiger partial charge < -0.3 is 24.6 Å². The molecule has 1 saturated heterocycles. The molecule has 1 saturated carbocycles. The summed E-state index contributed by atoms with van der Waals surface area (Å²) >= 11 is 0. The highest BCUT2D eigenvalue weighted by Crippen LogP contribution is 2.32. The molecule has 0 radical (unpaired) electrons. The Bertz CT molecular complexity index is 1180. The zero-order valence-electron chi connectivity index (χ0n) is 22.8. The van der Waals surface area contributed by atoms with E-state index >= 15 is 0 Å². The predicted molar refractivity (Wildman–Crippen MR) is 149 cm³/mol. The van der Waals surface area contributed by atoms with E-state index in [9.17, 15) is 5.11 Å². The van der Waals surface area contributed by atoms with Gasteiger partial charge in [-0.15, -0.1) is 0 Å². The van der Waals surface area contributed by atoms with Gasteiger partial charge in [-0.3, -0.25) is 4.90 Å². The molecule has 3 heterocycles. The van der Waals surface area contributed by atoms with Crippen molar-refractivity contribution < 1.29 is 14.4 Å². The van der Waals surface area contributed by atoms with Gasteiger partial charge in [0, 0.05) is 50.4 Å². The summed E-state index contributed by atoms with van der Waals surface area (Å²) in [5.41, 5.74) is 3.40. The Kier molecular flexibility index (Phi) is 8.56. The summed E-state index contributed by atoms with van der Waals surface area (Å²) in [5.74, 6) is 2.97. The van der Waals surface area contributed by atoms with E-state index < -0.39 is 6.10 Å². The maximum absolute atomic E-state index is 10.0. The summed E-state index contributed by atoms with van der Waals surface area (Å²) in [6, 6.07) is 10.6. The molecule has 1 aliphatic heterocycles. The van der Waals surface area contributed by atoms with E-state index in [1.54, 1.807) is 7.05 Å². The number of likely N-dealkylation sites (N-methyl/N-ethyl adjacent to an activating group) is 1. The third-order valence-electron chi connectivity index (χ3n) is 7.71. The van der Waals surface area contributed by atoms with E-state index in [0.717, 1.165) is 66.3 Å². The normalized spacial score (nSPS) is 18.1. The highest BCUT2D eigenvalue weighted by Gasteiger charge is 2.27. The van der Waals surface area contributed by atoms with Gasteiger partial charge in [0.1, 0.15) is 30.0 Å². The maximum atomic E-state index is 10.0. The monoisotopic (exact) mass is 520 g/mol. The lowest BCUT2D eigenvalue weighted by Gasteiger charge is -2.41. The molecule has 9 nitrogen and oxygen atoms in total. The molecule has 0 bridgehead atoms. The molecule has 1 unspecified atom stereocenters. The Labute approximate surface area is 225 Å². The van der Waals surface area contributed by atoms with Crippen LogP contribution in [-0.4, -0.2) is 83.7 Å². The molecule has 9 heteroatoms. The number of rotatable bonds is 9. The highest BCUT2D eigenvalue weighted by molar-refractivity contribution is 5.71. The third-order valence-corrected chi connectivity index (χ3v) is 7.71. The van der Waals surface area contributed by atoms with Gasteiger partial charge in [0.2, 0.25) is 0 Å². The fourth-order valence-corrected chi connectivity index (χ4v) is 5.68. The fourth-order valence-electron chi connectivity index (χ4n) is 5.68. The lowest BCUT2D eigenvalue weighted by Crippen LogP contribution is -2.51. The Balaban J connectivity index is 1.41. The molecule has 0 spiro atoms. The average Bonchev–Trinajstić information content (AvgIpc) is 3.30. The third kappa shape index (κ3) is 6.17. The first kappa shape index (κ1) is 26.6. The van der Waals surface area contributed by atoms with Gasteiger partial charge in [-0.1, -0.05) is 36.6 Å². The molecule has 1 aromatic carbocycles. The van der Waals surface area contributed by atoms with Gasteiger partial charge in [0.25, 0.3) is 0 Å². The molecular weight excluding hydrogens is 480 g/mol. The van der Waals surface area contributed by atoms with E-state index in [4.69, 9.17) is 19.2 Å². The Morgan fingerprint density at radius 3 is 2.58 bits per heavy atom. The van der Waals surface area contributed by atoms with Crippen LogP contribution < -0.4 is 15.0 Å². The van der Waals surface area contributed by atoms with Crippen LogP contribution in [0.1, 0.15) is 43.6 Å². The lowest BCUT2D eigenvalue weighted by atomic mass is 9.94. The largest absolute Gasteiger partial charge is 0.491 e. The number of nitrogens with zero attached hydrogens (tertiary/aromatic N) is 5. The molecule has 5 rings (SSSR count). The first-order valence-corrected chi connectivity index (χ1v) is 13.9. The number of aryl methyl sites for hydroxylation is 2. The van der Waals surface area contributed by atoms with Crippen molar-refractivity contribution in [3.05, 3.63) is 41.8 Å². The van der Waals surface area contributed by atoms with Crippen molar-refractivity contribution in [3.8, 4) is 28.4 Å². The lowest BCUT2D eigenvalue weighted by molar-refractivity contribution is 0.108. The molecule has 2 fully saturated rings. The molecule has 3 aromatic rings. The number of piperazine rings is 1. The molecule has 0 amide bonds.